The first kappa shape index (κ1) is 10.4. The molecule has 1 aliphatic rings. The quantitative estimate of drug-likeness (QED) is 0.785. The molecule has 16 heavy (non-hydrogen) atoms. The molecule has 0 bridgehead atoms. The molecule has 0 aliphatic carbocycles. The summed E-state index contributed by atoms with van der Waals surface area (Å²) in [7, 11) is 0. The molecule has 1 unspecified atom stereocenters. The van der Waals surface area contributed by atoms with E-state index in [2.05, 4.69) is 5.16 Å². The van der Waals surface area contributed by atoms with Gasteiger partial charge in [-0.3, -0.25) is 0 Å². The number of hydrogen-bond acceptors (Lipinski definition) is 3. The Morgan fingerprint density at radius 3 is 2.75 bits per heavy atom. The second-order valence-corrected chi connectivity index (χ2v) is 3.47. The molecule has 0 spiro atoms. The molecule has 1 aliphatic heterocycles. The highest BCUT2D eigenvalue weighted by Crippen LogP contribution is 2.18. The summed E-state index contributed by atoms with van der Waals surface area (Å²) in [5.41, 5.74) is 1.16. The highest BCUT2D eigenvalue weighted by Gasteiger charge is 2.22. The Bertz CT molecular complexity index is 437. The van der Waals surface area contributed by atoms with Crippen LogP contribution in [-0.2, 0) is 9.63 Å². The Morgan fingerprint density at radius 1 is 1.44 bits per heavy atom. The summed E-state index contributed by atoms with van der Waals surface area (Å²) in [6, 6.07) is 9.33. The fourth-order valence-corrected chi connectivity index (χ4v) is 1.51. The van der Waals surface area contributed by atoms with Crippen LogP contribution in [0, 0.1) is 5.92 Å². The zero-order valence-electron chi connectivity index (χ0n) is 8.54. The molecule has 1 N–H and O–H groups in total. The standard InChI is InChI=1S/C12H11NO3/c14-12(15)11(10-7-13-16-8-10)6-9-4-2-1-3-5-9/h1-7,10H,8H2,(H,14,15). The molecular formula is C12H11NO3. The van der Waals surface area contributed by atoms with Gasteiger partial charge in [-0.2, -0.15) is 0 Å². The average Bonchev–Trinajstić information content (AvgIpc) is 2.80. The second kappa shape index (κ2) is 4.61. The molecule has 0 saturated carbocycles. The van der Waals surface area contributed by atoms with Gasteiger partial charge in [0.25, 0.3) is 0 Å². The van der Waals surface area contributed by atoms with E-state index in [0.29, 0.717) is 12.2 Å². The number of oxime groups is 1. The Balaban J connectivity index is 2.29. The Hall–Kier alpha value is -2.10. The molecule has 0 radical (unpaired) electrons. The molecule has 1 heterocycles. The van der Waals surface area contributed by atoms with Gasteiger partial charge >= 0.3 is 5.97 Å². The van der Waals surface area contributed by atoms with Crippen LogP contribution in [0.15, 0.2) is 41.1 Å². The summed E-state index contributed by atoms with van der Waals surface area (Å²) in [5.74, 6) is -1.21. The van der Waals surface area contributed by atoms with Crippen molar-refractivity contribution in [3.05, 3.63) is 41.5 Å². The molecule has 1 atom stereocenters. The summed E-state index contributed by atoms with van der Waals surface area (Å²) in [6.45, 7) is 0.297. The Kier molecular flexibility index (Phi) is 3.00. The molecule has 0 aromatic heterocycles. The number of nitrogens with zero attached hydrogens (tertiary/aromatic N) is 1. The zero-order chi connectivity index (χ0) is 11.4. The normalized spacial score (nSPS) is 19.5. The van der Waals surface area contributed by atoms with Gasteiger partial charge in [-0.25, -0.2) is 4.79 Å². The molecule has 1 aromatic rings. The zero-order valence-corrected chi connectivity index (χ0v) is 8.54. The van der Waals surface area contributed by atoms with Crippen molar-refractivity contribution in [2.75, 3.05) is 6.61 Å². The highest BCUT2D eigenvalue weighted by molar-refractivity contribution is 5.97. The van der Waals surface area contributed by atoms with Crippen LogP contribution in [0.4, 0.5) is 0 Å². The van der Waals surface area contributed by atoms with Gasteiger partial charge in [0.05, 0.1) is 12.1 Å². The summed E-state index contributed by atoms with van der Waals surface area (Å²) in [4.78, 5) is 15.9. The first-order valence-electron chi connectivity index (χ1n) is 4.93. The molecule has 0 amide bonds. The first-order chi connectivity index (χ1) is 7.77. The third kappa shape index (κ3) is 2.28. The smallest absolute Gasteiger partial charge is 0.332 e. The van der Waals surface area contributed by atoms with Crippen molar-refractivity contribution in [2.24, 2.45) is 11.1 Å². The minimum Gasteiger partial charge on any atom is -0.478 e. The number of hydrogen-bond donors (Lipinski definition) is 1. The molecule has 4 nitrogen and oxygen atoms in total. The number of carboxylic acid groups (broad SMARTS) is 1. The van der Waals surface area contributed by atoms with Crippen LogP contribution in [0.25, 0.3) is 6.08 Å². The minimum absolute atomic E-state index is 0.266. The first-order valence-corrected chi connectivity index (χ1v) is 4.93. The van der Waals surface area contributed by atoms with E-state index in [1.54, 1.807) is 6.08 Å². The van der Waals surface area contributed by atoms with Gasteiger partial charge < -0.3 is 9.94 Å². The van der Waals surface area contributed by atoms with Crippen LogP contribution in [0.1, 0.15) is 5.56 Å². The van der Waals surface area contributed by atoms with Gasteiger partial charge in [-0.15, -0.1) is 0 Å². The van der Waals surface area contributed by atoms with Crippen molar-refractivity contribution >= 4 is 18.3 Å². The van der Waals surface area contributed by atoms with Gasteiger partial charge in [0.15, 0.2) is 0 Å². The predicted octanol–water partition coefficient (Wildman–Crippen LogP) is 1.79. The van der Waals surface area contributed by atoms with E-state index in [1.165, 1.54) is 6.21 Å². The lowest BCUT2D eigenvalue weighted by Crippen LogP contribution is -2.14. The lowest BCUT2D eigenvalue weighted by molar-refractivity contribution is -0.133. The minimum atomic E-state index is -0.939. The third-order valence-electron chi connectivity index (χ3n) is 2.34. The SMILES string of the molecule is O=C(O)C(=Cc1ccccc1)C1C=NOC1. The second-order valence-electron chi connectivity index (χ2n) is 3.47. The monoisotopic (exact) mass is 217 g/mol. The Labute approximate surface area is 92.8 Å². The van der Waals surface area contributed by atoms with E-state index in [1.807, 2.05) is 30.3 Å². The van der Waals surface area contributed by atoms with Crippen molar-refractivity contribution in [1.29, 1.82) is 0 Å². The number of benzene rings is 1. The predicted molar refractivity (Wildman–Crippen MR) is 60.0 cm³/mol. The van der Waals surface area contributed by atoms with Crippen molar-refractivity contribution in [3.8, 4) is 0 Å². The molecular weight excluding hydrogens is 206 g/mol. The Morgan fingerprint density at radius 2 is 2.19 bits per heavy atom. The van der Waals surface area contributed by atoms with Gasteiger partial charge in [-0.05, 0) is 11.6 Å². The van der Waals surface area contributed by atoms with Crippen LogP contribution >= 0.6 is 0 Å². The molecule has 4 heteroatoms. The molecule has 0 fully saturated rings. The van der Waals surface area contributed by atoms with Crippen LogP contribution in [0.2, 0.25) is 0 Å². The lowest BCUT2D eigenvalue weighted by atomic mass is 9.99. The largest absolute Gasteiger partial charge is 0.478 e. The fourth-order valence-electron chi connectivity index (χ4n) is 1.51. The molecule has 2 rings (SSSR count). The fraction of sp³-hybridized carbons (Fsp3) is 0.167. The van der Waals surface area contributed by atoms with Gasteiger partial charge in [0.1, 0.15) is 6.61 Å². The number of carboxylic acids is 1. The number of aliphatic carboxylic acids is 1. The average molecular weight is 217 g/mol. The topological polar surface area (TPSA) is 58.9 Å². The van der Waals surface area contributed by atoms with Crippen molar-refractivity contribution < 1.29 is 14.7 Å². The maximum absolute atomic E-state index is 11.1. The van der Waals surface area contributed by atoms with Crippen LogP contribution in [0.3, 0.4) is 0 Å². The van der Waals surface area contributed by atoms with Crippen molar-refractivity contribution in [2.45, 2.75) is 0 Å². The van der Waals surface area contributed by atoms with E-state index in [-0.39, 0.29) is 5.92 Å². The maximum atomic E-state index is 11.1. The maximum Gasteiger partial charge on any atom is 0.332 e. The highest BCUT2D eigenvalue weighted by atomic mass is 16.6. The van der Waals surface area contributed by atoms with E-state index in [9.17, 15) is 4.79 Å². The van der Waals surface area contributed by atoms with Gasteiger partial charge in [0, 0.05) is 5.57 Å². The van der Waals surface area contributed by atoms with E-state index < -0.39 is 5.97 Å². The van der Waals surface area contributed by atoms with Gasteiger partial charge in [0.2, 0.25) is 0 Å². The van der Waals surface area contributed by atoms with E-state index in [4.69, 9.17) is 9.94 Å². The van der Waals surface area contributed by atoms with Crippen LogP contribution in [0.5, 0.6) is 0 Å². The lowest BCUT2D eigenvalue weighted by Gasteiger charge is -2.05. The number of carbonyl (C=O) groups is 1. The van der Waals surface area contributed by atoms with E-state index >= 15 is 0 Å². The van der Waals surface area contributed by atoms with Crippen molar-refractivity contribution in [3.63, 3.8) is 0 Å². The van der Waals surface area contributed by atoms with E-state index in [0.717, 1.165) is 5.56 Å². The summed E-state index contributed by atoms with van der Waals surface area (Å²) >= 11 is 0. The van der Waals surface area contributed by atoms with Crippen LogP contribution in [-0.4, -0.2) is 23.9 Å². The molecule has 0 saturated heterocycles. The third-order valence-corrected chi connectivity index (χ3v) is 2.34. The van der Waals surface area contributed by atoms with Gasteiger partial charge in [-0.1, -0.05) is 35.5 Å². The summed E-state index contributed by atoms with van der Waals surface area (Å²) < 4.78 is 0. The summed E-state index contributed by atoms with van der Waals surface area (Å²) in [6.07, 6.45) is 3.16. The molecule has 82 valence electrons. The molecule has 1 aromatic carbocycles. The van der Waals surface area contributed by atoms with Crippen LogP contribution < -0.4 is 0 Å². The number of rotatable bonds is 3. The summed E-state index contributed by atoms with van der Waals surface area (Å²) in [5, 5.41) is 12.7. The van der Waals surface area contributed by atoms with Crippen molar-refractivity contribution in [1.82, 2.24) is 0 Å².